The van der Waals surface area contributed by atoms with Gasteiger partial charge in [-0.3, -0.25) is 14.3 Å². The number of anilines is 2. The van der Waals surface area contributed by atoms with E-state index in [-0.39, 0.29) is 11.5 Å². The van der Waals surface area contributed by atoms with Gasteiger partial charge in [0.05, 0.1) is 11.6 Å². The fraction of sp³-hybridized carbons (Fsp3) is 0.300. The molecule has 18 heavy (non-hydrogen) atoms. The summed E-state index contributed by atoms with van der Waals surface area (Å²) >= 11 is 1.53. The topological polar surface area (TPSA) is 106 Å². The first kappa shape index (κ1) is 12.4. The zero-order chi connectivity index (χ0) is 13.3. The molecular weight excluding hydrogens is 254 g/mol. The number of aryl methyl sites for hydroxylation is 1. The van der Waals surface area contributed by atoms with E-state index in [1.54, 1.807) is 6.20 Å². The molecule has 4 N–H and O–H groups in total. The van der Waals surface area contributed by atoms with Crippen molar-refractivity contribution in [3.05, 3.63) is 36.9 Å². The average molecular weight is 267 g/mol. The van der Waals surface area contributed by atoms with Crippen LogP contribution in [0, 0.1) is 6.92 Å². The number of nitrogens with two attached hydrogens (primary N) is 1. The molecule has 7 nitrogen and oxygen atoms in total. The van der Waals surface area contributed by atoms with Crippen LogP contribution in [-0.2, 0) is 13.6 Å². The zero-order valence-corrected chi connectivity index (χ0v) is 10.8. The minimum Gasteiger partial charge on any atom is -0.383 e. The Hall–Kier alpha value is -2.09. The van der Waals surface area contributed by atoms with Gasteiger partial charge >= 0.3 is 5.69 Å². The molecule has 8 heteroatoms. The summed E-state index contributed by atoms with van der Waals surface area (Å²) < 4.78 is 1.18. The molecule has 0 radical (unpaired) electrons. The second-order valence-corrected chi connectivity index (χ2v) is 5.10. The van der Waals surface area contributed by atoms with E-state index in [2.05, 4.69) is 15.3 Å². The van der Waals surface area contributed by atoms with Crippen LogP contribution < -0.4 is 22.3 Å². The second kappa shape index (κ2) is 4.65. The highest BCUT2D eigenvalue weighted by Crippen LogP contribution is 2.15. The Kier molecular flexibility index (Phi) is 3.19. The highest BCUT2D eigenvalue weighted by atomic mass is 32.1. The number of aromatic amines is 1. The molecule has 0 bridgehead atoms. The van der Waals surface area contributed by atoms with Crippen molar-refractivity contribution in [1.82, 2.24) is 14.5 Å². The highest BCUT2D eigenvalue weighted by molar-refractivity contribution is 7.11. The van der Waals surface area contributed by atoms with Crippen LogP contribution >= 0.6 is 11.3 Å². The molecule has 2 aromatic rings. The molecule has 0 aliphatic rings. The average Bonchev–Trinajstić information content (AvgIpc) is 2.72. The van der Waals surface area contributed by atoms with E-state index < -0.39 is 11.2 Å². The summed E-state index contributed by atoms with van der Waals surface area (Å²) in [7, 11) is 1.50. The molecule has 0 saturated heterocycles. The molecule has 0 unspecified atom stereocenters. The lowest BCUT2D eigenvalue weighted by Crippen LogP contribution is -2.32. The van der Waals surface area contributed by atoms with Crippen LogP contribution in [0.4, 0.5) is 11.5 Å². The summed E-state index contributed by atoms with van der Waals surface area (Å²) in [5.41, 5.74) is 4.87. The van der Waals surface area contributed by atoms with Crippen molar-refractivity contribution < 1.29 is 0 Å². The Bertz CT molecular complexity index is 684. The van der Waals surface area contributed by atoms with Crippen molar-refractivity contribution in [2.75, 3.05) is 11.1 Å². The second-order valence-electron chi connectivity index (χ2n) is 3.78. The maximum absolute atomic E-state index is 11.6. The van der Waals surface area contributed by atoms with Gasteiger partial charge in [-0.15, -0.1) is 11.3 Å². The van der Waals surface area contributed by atoms with Crippen LogP contribution in [0.2, 0.25) is 0 Å². The van der Waals surface area contributed by atoms with Gasteiger partial charge in [-0.2, -0.15) is 0 Å². The first-order valence-corrected chi connectivity index (χ1v) is 6.04. The smallest absolute Gasteiger partial charge is 0.329 e. The summed E-state index contributed by atoms with van der Waals surface area (Å²) in [6.45, 7) is 2.35. The monoisotopic (exact) mass is 267 g/mol. The van der Waals surface area contributed by atoms with E-state index in [4.69, 9.17) is 5.73 Å². The molecule has 2 aromatic heterocycles. The fourth-order valence-electron chi connectivity index (χ4n) is 1.47. The quantitative estimate of drug-likeness (QED) is 0.727. The van der Waals surface area contributed by atoms with E-state index >= 15 is 0 Å². The summed E-state index contributed by atoms with van der Waals surface area (Å²) in [6, 6.07) is 0. The molecule has 0 fully saturated rings. The van der Waals surface area contributed by atoms with Crippen LogP contribution in [0.5, 0.6) is 0 Å². The maximum atomic E-state index is 11.6. The van der Waals surface area contributed by atoms with Gasteiger partial charge < -0.3 is 11.1 Å². The van der Waals surface area contributed by atoms with E-state index in [0.717, 1.165) is 9.88 Å². The Labute approximate surface area is 106 Å². The van der Waals surface area contributed by atoms with Crippen molar-refractivity contribution in [3.8, 4) is 0 Å². The Morgan fingerprint density at radius 2 is 2.28 bits per heavy atom. The fourth-order valence-corrected chi connectivity index (χ4v) is 2.20. The number of hydrogen-bond donors (Lipinski definition) is 3. The molecule has 0 amide bonds. The zero-order valence-electron chi connectivity index (χ0n) is 9.98. The summed E-state index contributed by atoms with van der Waals surface area (Å²) in [6.07, 6.45) is 1.74. The number of aromatic nitrogens is 3. The normalized spacial score (nSPS) is 10.6. The third kappa shape index (κ3) is 2.28. The van der Waals surface area contributed by atoms with Gasteiger partial charge in [0, 0.05) is 18.1 Å². The summed E-state index contributed by atoms with van der Waals surface area (Å²) in [4.78, 5) is 30.2. The van der Waals surface area contributed by atoms with Crippen LogP contribution in [0.3, 0.4) is 0 Å². The largest absolute Gasteiger partial charge is 0.383 e. The minimum absolute atomic E-state index is 0.116. The predicted molar refractivity (Wildman–Crippen MR) is 70.9 cm³/mol. The SMILES string of the molecule is Cc1ncc(CNc2c(N)n(C)c(=O)[nH]c2=O)s1. The van der Waals surface area contributed by atoms with Gasteiger partial charge in [-0.1, -0.05) is 0 Å². The maximum Gasteiger partial charge on any atom is 0.329 e. The number of rotatable bonds is 3. The van der Waals surface area contributed by atoms with Gasteiger partial charge in [0.1, 0.15) is 11.5 Å². The summed E-state index contributed by atoms with van der Waals surface area (Å²) in [5, 5.41) is 3.87. The predicted octanol–water partition coefficient (Wildman–Crippen LogP) is 0.0328. The van der Waals surface area contributed by atoms with Crippen molar-refractivity contribution in [2.45, 2.75) is 13.5 Å². The number of nitrogen functional groups attached to an aromatic ring is 1. The lowest BCUT2D eigenvalue weighted by molar-refractivity contribution is 0.813. The first-order valence-electron chi connectivity index (χ1n) is 5.23. The van der Waals surface area contributed by atoms with Gasteiger partial charge in [0.25, 0.3) is 5.56 Å². The van der Waals surface area contributed by atoms with Crippen molar-refractivity contribution in [1.29, 1.82) is 0 Å². The molecule has 0 aromatic carbocycles. The van der Waals surface area contributed by atoms with E-state index in [0.29, 0.717) is 6.54 Å². The van der Waals surface area contributed by atoms with Gasteiger partial charge in [0.15, 0.2) is 0 Å². The van der Waals surface area contributed by atoms with Crippen molar-refractivity contribution in [2.24, 2.45) is 7.05 Å². The molecule has 2 rings (SSSR count). The van der Waals surface area contributed by atoms with E-state index in [1.165, 1.54) is 23.0 Å². The third-order valence-electron chi connectivity index (χ3n) is 2.48. The lowest BCUT2D eigenvalue weighted by atomic mass is 10.4. The van der Waals surface area contributed by atoms with Crippen LogP contribution in [0.25, 0.3) is 0 Å². The van der Waals surface area contributed by atoms with Crippen LogP contribution in [0.1, 0.15) is 9.88 Å². The number of hydrogen-bond acceptors (Lipinski definition) is 6. The molecule has 2 heterocycles. The highest BCUT2D eigenvalue weighted by Gasteiger charge is 2.09. The van der Waals surface area contributed by atoms with Gasteiger partial charge in [0.2, 0.25) is 0 Å². The minimum atomic E-state index is -0.531. The van der Waals surface area contributed by atoms with Gasteiger partial charge in [-0.05, 0) is 6.92 Å². The summed E-state index contributed by atoms with van der Waals surface area (Å²) in [5.74, 6) is 0.116. The molecule has 0 spiro atoms. The van der Waals surface area contributed by atoms with Crippen molar-refractivity contribution >= 4 is 22.8 Å². The molecule has 0 aliphatic carbocycles. The number of nitrogens with one attached hydrogen (secondary N) is 2. The Morgan fingerprint density at radius 1 is 1.56 bits per heavy atom. The van der Waals surface area contributed by atoms with Crippen molar-refractivity contribution in [3.63, 3.8) is 0 Å². The Balaban J connectivity index is 2.27. The van der Waals surface area contributed by atoms with Crippen LogP contribution in [0.15, 0.2) is 15.8 Å². The lowest BCUT2D eigenvalue weighted by Gasteiger charge is -2.09. The number of thiazole rings is 1. The van der Waals surface area contributed by atoms with Gasteiger partial charge in [-0.25, -0.2) is 9.78 Å². The third-order valence-corrected chi connectivity index (χ3v) is 3.39. The van der Waals surface area contributed by atoms with Crippen LogP contribution in [-0.4, -0.2) is 14.5 Å². The Morgan fingerprint density at radius 3 is 2.89 bits per heavy atom. The number of nitrogens with zero attached hydrogens (tertiary/aromatic N) is 2. The molecule has 0 saturated carbocycles. The molecule has 0 atom stereocenters. The molecule has 0 aliphatic heterocycles. The standard InChI is InChI=1S/C10H13N5O2S/c1-5-12-3-6(18-5)4-13-7-8(11)15(2)10(17)14-9(7)16/h3,13H,4,11H2,1-2H3,(H,14,16,17). The number of H-pyrrole nitrogens is 1. The first-order chi connectivity index (χ1) is 8.49. The molecule has 96 valence electrons. The van der Waals surface area contributed by atoms with E-state index in [9.17, 15) is 9.59 Å². The van der Waals surface area contributed by atoms with E-state index in [1.807, 2.05) is 6.92 Å². The molecular formula is C10H13N5O2S.